The van der Waals surface area contributed by atoms with Gasteiger partial charge in [-0.05, 0) is 24.8 Å². The number of aryl methyl sites for hydroxylation is 2. The van der Waals surface area contributed by atoms with Crippen LogP contribution in [0.4, 0.5) is 5.13 Å². The van der Waals surface area contributed by atoms with Crippen molar-refractivity contribution >= 4 is 22.4 Å². The molecule has 0 atom stereocenters. The molecule has 3 heterocycles. The maximum Gasteiger partial charge on any atom is 0.220 e. The highest BCUT2D eigenvalue weighted by Gasteiger charge is 2.17. The summed E-state index contributed by atoms with van der Waals surface area (Å²) in [7, 11) is 0. The molecule has 1 aliphatic rings. The molecule has 0 radical (unpaired) electrons. The summed E-state index contributed by atoms with van der Waals surface area (Å²) in [5, 5.41) is 10.1. The molecule has 0 aliphatic carbocycles. The van der Waals surface area contributed by atoms with Crippen LogP contribution >= 0.6 is 11.3 Å². The number of amides is 1. The molecule has 2 aromatic rings. The van der Waals surface area contributed by atoms with Crippen molar-refractivity contribution in [3.63, 3.8) is 0 Å². The van der Waals surface area contributed by atoms with Crippen molar-refractivity contribution in [1.29, 1.82) is 0 Å². The first-order chi connectivity index (χ1) is 12.5. The lowest BCUT2D eigenvalue weighted by Crippen LogP contribution is -2.27. The molecule has 0 unspecified atom stereocenters. The van der Waals surface area contributed by atoms with Gasteiger partial charge in [0.1, 0.15) is 0 Å². The molecule has 0 aromatic carbocycles. The number of anilines is 1. The number of aromatic nitrogens is 3. The zero-order valence-corrected chi connectivity index (χ0v) is 16.4. The monoisotopic (exact) mass is 376 g/mol. The van der Waals surface area contributed by atoms with Gasteiger partial charge in [0.2, 0.25) is 5.91 Å². The molecule has 142 valence electrons. The number of nitrogens with two attached hydrogens (primary N) is 1. The van der Waals surface area contributed by atoms with Crippen LogP contribution in [-0.4, -0.2) is 38.7 Å². The van der Waals surface area contributed by atoms with Gasteiger partial charge in [-0.15, -0.1) is 11.3 Å². The number of nitrogen functional groups attached to an aromatic ring is 1. The normalized spacial score (nSPS) is 15.0. The molecule has 0 saturated heterocycles. The van der Waals surface area contributed by atoms with E-state index in [4.69, 9.17) is 5.73 Å². The fraction of sp³-hybridized carbons (Fsp3) is 0.611. The summed E-state index contributed by atoms with van der Waals surface area (Å²) < 4.78 is 2.10. The highest BCUT2D eigenvalue weighted by Crippen LogP contribution is 2.15. The number of nitrogens with zero attached hydrogens (tertiary/aromatic N) is 4. The van der Waals surface area contributed by atoms with Crippen molar-refractivity contribution in [3.05, 3.63) is 28.5 Å². The first kappa shape index (κ1) is 18.8. The molecule has 0 saturated carbocycles. The van der Waals surface area contributed by atoms with Crippen LogP contribution in [0.25, 0.3) is 0 Å². The van der Waals surface area contributed by atoms with Crippen LogP contribution in [0.3, 0.4) is 0 Å². The molecule has 7 nitrogen and oxygen atoms in total. The summed E-state index contributed by atoms with van der Waals surface area (Å²) in [4.78, 5) is 18.7. The van der Waals surface area contributed by atoms with E-state index in [0.717, 1.165) is 44.0 Å². The second-order valence-corrected chi connectivity index (χ2v) is 8.18. The summed E-state index contributed by atoms with van der Waals surface area (Å²) in [6.07, 6.45) is 2.15. The highest BCUT2D eigenvalue weighted by molar-refractivity contribution is 7.13. The summed E-state index contributed by atoms with van der Waals surface area (Å²) in [5.74, 6) is 0.678. The van der Waals surface area contributed by atoms with E-state index in [1.807, 2.05) is 5.38 Å². The van der Waals surface area contributed by atoms with Crippen molar-refractivity contribution in [2.45, 2.75) is 52.7 Å². The van der Waals surface area contributed by atoms with Gasteiger partial charge in [-0.3, -0.25) is 14.4 Å². The predicted molar refractivity (Wildman–Crippen MR) is 104 cm³/mol. The van der Waals surface area contributed by atoms with Crippen LogP contribution in [0.5, 0.6) is 0 Å². The second-order valence-electron chi connectivity index (χ2n) is 7.29. The van der Waals surface area contributed by atoms with Gasteiger partial charge in [-0.25, -0.2) is 4.98 Å². The smallest absolute Gasteiger partial charge is 0.220 e. The second kappa shape index (κ2) is 8.64. The number of carbonyl (C=O) groups excluding carboxylic acids is 1. The summed E-state index contributed by atoms with van der Waals surface area (Å²) in [5.41, 5.74) is 8.65. The van der Waals surface area contributed by atoms with Gasteiger partial charge in [0.15, 0.2) is 5.13 Å². The molecule has 0 spiro atoms. The van der Waals surface area contributed by atoms with E-state index in [1.165, 1.54) is 17.0 Å². The Kier molecular flexibility index (Phi) is 6.26. The Balaban J connectivity index is 1.49. The molecular formula is C18H28N6OS. The number of hydrogen-bond donors (Lipinski definition) is 2. The van der Waals surface area contributed by atoms with Crippen LogP contribution in [0.15, 0.2) is 11.4 Å². The minimum absolute atomic E-state index is 0.0150. The lowest BCUT2D eigenvalue weighted by molar-refractivity contribution is -0.121. The first-order valence-electron chi connectivity index (χ1n) is 9.24. The Bertz CT molecular complexity index is 738. The third-order valence-electron chi connectivity index (χ3n) is 4.41. The Hall–Kier alpha value is -1.93. The molecule has 3 N–H and O–H groups in total. The van der Waals surface area contributed by atoms with Crippen LogP contribution in [-0.2, 0) is 30.8 Å². The molecule has 3 rings (SSSR count). The van der Waals surface area contributed by atoms with Crippen molar-refractivity contribution in [2.75, 3.05) is 18.8 Å². The predicted octanol–water partition coefficient (Wildman–Crippen LogP) is 2.03. The number of rotatable bonds is 7. The van der Waals surface area contributed by atoms with Crippen LogP contribution in [0.2, 0.25) is 0 Å². The molecule has 1 aliphatic heterocycles. The molecular weight excluding hydrogens is 348 g/mol. The SMILES string of the molecule is CC(C)CN1CCCn2nc(CNC(=O)CCc3csc(N)n3)cc2C1. The van der Waals surface area contributed by atoms with Crippen LogP contribution in [0, 0.1) is 5.92 Å². The Morgan fingerprint density at radius 3 is 2.96 bits per heavy atom. The molecule has 1 amide bonds. The topological polar surface area (TPSA) is 89.1 Å². The Labute approximate surface area is 158 Å². The highest BCUT2D eigenvalue weighted by atomic mass is 32.1. The van der Waals surface area contributed by atoms with Gasteiger partial charge in [0.25, 0.3) is 0 Å². The van der Waals surface area contributed by atoms with E-state index < -0.39 is 0 Å². The van der Waals surface area contributed by atoms with Gasteiger partial charge < -0.3 is 11.1 Å². The van der Waals surface area contributed by atoms with Gasteiger partial charge in [0, 0.05) is 38.0 Å². The third-order valence-corrected chi connectivity index (χ3v) is 5.13. The van der Waals surface area contributed by atoms with E-state index in [-0.39, 0.29) is 5.91 Å². The summed E-state index contributed by atoms with van der Waals surface area (Å²) >= 11 is 1.41. The molecule has 0 fully saturated rings. The fourth-order valence-corrected chi connectivity index (χ4v) is 3.90. The zero-order chi connectivity index (χ0) is 18.5. The zero-order valence-electron chi connectivity index (χ0n) is 15.6. The summed E-state index contributed by atoms with van der Waals surface area (Å²) in [6.45, 7) is 9.09. The lowest BCUT2D eigenvalue weighted by Gasteiger charge is -2.21. The molecule has 2 aromatic heterocycles. The Morgan fingerprint density at radius 2 is 2.23 bits per heavy atom. The number of carbonyl (C=O) groups is 1. The minimum atomic E-state index is 0.0150. The molecule has 0 bridgehead atoms. The average molecular weight is 377 g/mol. The maximum atomic E-state index is 12.1. The first-order valence-corrected chi connectivity index (χ1v) is 10.1. The Morgan fingerprint density at radius 1 is 1.38 bits per heavy atom. The van der Waals surface area contributed by atoms with Crippen LogP contribution < -0.4 is 11.1 Å². The summed E-state index contributed by atoms with van der Waals surface area (Å²) in [6, 6.07) is 2.13. The standard InChI is InChI=1S/C18H28N6OS/c1-13(2)10-23-6-3-7-24-16(11-23)8-15(22-24)9-20-17(25)5-4-14-12-26-18(19)21-14/h8,12-13H,3-7,9-11H2,1-2H3,(H2,19,21)(H,20,25). The van der Waals surface area contributed by atoms with Crippen molar-refractivity contribution < 1.29 is 4.79 Å². The number of nitrogens with one attached hydrogen (secondary N) is 1. The van der Waals surface area contributed by atoms with Crippen LogP contribution in [0.1, 0.15) is 43.8 Å². The molecule has 26 heavy (non-hydrogen) atoms. The minimum Gasteiger partial charge on any atom is -0.375 e. The number of thiazole rings is 1. The maximum absolute atomic E-state index is 12.1. The van der Waals surface area contributed by atoms with Crippen molar-refractivity contribution in [3.8, 4) is 0 Å². The molecule has 8 heteroatoms. The quantitative estimate of drug-likeness (QED) is 0.772. The number of hydrogen-bond acceptors (Lipinski definition) is 6. The van der Waals surface area contributed by atoms with E-state index in [0.29, 0.717) is 30.4 Å². The van der Waals surface area contributed by atoms with E-state index in [1.54, 1.807) is 0 Å². The third kappa shape index (κ3) is 5.28. The fourth-order valence-electron chi connectivity index (χ4n) is 3.30. The van der Waals surface area contributed by atoms with Gasteiger partial charge in [-0.2, -0.15) is 5.10 Å². The largest absolute Gasteiger partial charge is 0.375 e. The average Bonchev–Trinajstić information content (AvgIpc) is 3.12. The van der Waals surface area contributed by atoms with Gasteiger partial charge in [0.05, 0.1) is 23.6 Å². The lowest BCUT2D eigenvalue weighted by atomic mass is 10.2. The van der Waals surface area contributed by atoms with Gasteiger partial charge >= 0.3 is 0 Å². The van der Waals surface area contributed by atoms with Gasteiger partial charge in [-0.1, -0.05) is 13.8 Å². The van der Waals surface area contributed by atoms with Crippen molar-refractivity contribution in [1.82, 2.24) is 25.0 Å². The van der Waals surface area contributed by atoms with Crippen molar-refractivity contribution in [2.24, 2.45) is 5.92 Å². The van der Waals surface area contributed by atoms with E-state index in [9.17, 15) is 4.79 Å². The van der Waals surface area contributed by atoms with E-state index in [2.05, 4.69) is 44.9 Å². The number of fused-ring (bicyclic) bond motifs is 1. The van der Waals surface area contributed by atoms with E-state index >= 15 is 0 Å².